The van der Waals surface area contributed by atoms with E-state index in [9.17, 15) is 14.0 Å². The third-order valence-electron chi connectivity index (χ3n) is 7.44. The minimum absolute atomic E-state index is 0.142. The van der Waals surface area contributed by atoms with Crippen LogP contribution in [-0.4, -0.2) is 51.1 Å². The second-order valence-electron chi connectivity index (χ2n) is 9.59. The standard InChI is InChI=1S/C28H22Cl2FN5O2/c29-22-14-18(16-32-25(22)30)26(37)34-12-9-28(10-13-34)17-35(23-7-6-19(31)15-21(23)28)27(38)24-8-11-33-36(24)20-4-2-1-3-5-20/h1-8,11,14-16H,9-10,12-13,17H2. The molecule has 192 valence electrons. The lowest BCUT2D eigenvalue weighted by Gasteiger charge is -2.40. The number of pyridine rings is 1. The molecular formula is C28H22Cl2FN5O2. The van der Waals surface area contributed by atoms with Gasteiger partial charge in [-0.05, 0) is 60.9 Å². The maximum Gasteiger partial charge on any atom is 0.277 e. The molecule has 2 aliphatic rings. The quantitative estimate of drug-likeness (QED) is 0.314. The zero-order chi connectivity index (χ0) is 26.4. The Labute approximate surface area is 228 Å². The van der Waals surface area contributed by atoms with Crippen LogP contribution in [0.1, 0.15) is 39.3 Å². The number of amides is 2. The van der Waals surface area contributed by atoms with E-state index in [1.807, 2.05) is 30.3 Å². The zero-order valence-electron chi connectivity index (χ0n) is 20.2. The first-order valence-corrected chi connectivity index (χ1v) is 12.9. The molecule has 1 saturated heterocycles. The van der Waals surface area contributed by atoms with Crippen LogP contribution >= 0.6 is 23.2 Å². The van der Waals surface area contributed by atoms with Gasteiger partial charge in [-0.25, -0.2) is 14.1 Å². The number of benzene rings is 2. The van der Waals surface area contributed by atoms with Gasteiger partial charge in [-0.15, -0.1) is 0 Å². The summed E-state index contributed by atoms with van der Waals surface area (Å²) in [6.45, 7) is 1.28. The number of nitrogens with zero attached hydrogens (tertiary/aromatic N) is 5. The van der Waals surface area contributed by atoms with Crippen molar-refractivity contribution in [3.63, 3.8) is 0 Å². The molecule has 7 nitrogen and oxygen atoms in total. The topological polar surface area (TPSA) is 71.3 Å². The fraction of sp³-hybridized carbons (Fsp3) is 0.214. The third-order valence-corrected chi connectivity index (χ3v) is 8.13. The van der Waals surface area contributed by atoms with Crippen LogP contribution in [0.25, 0.3) is 5.69 Å². The minimum atomic E-state index is -0.475. The van der Waals surface area contributed by atoms with Crippen molar-refractivity contribution < 1.29 is 14.0 Å². The van der Waals surface area contributed by atoms with Crippen molar-refractivity contribution in [1.29, 1.82) is 0 Å². The monoisotopic (exact) mass is 549 g/mol. The number of hydrogen-bond acceptors (Lipinski definition) is 4. The molecule has 0 radical (unpaired) electrons. The number of anilines is 1. The predicted molar refractivity (Wildman–Crippen MR) is 143 cm³/mol. The summed E-state index contributed by atoms with van der Waals surface area (Å²) in [4.78, 5) is 34.4. The molecule has 2 aromatic heterocycles. The number of para-hydroxylation sites is 1. The number of fused-ring (bicyclic) bond motifs is 2. The van der Waals surface area contributed by atoms with E-state index in [2.05, 4.69) is 10.1 Å². The van der Waals surface area contributed by atoms with Crippen LogP contribution in [0.5, 0.6) is 0 Å². The molecule has 0 saturated carbocycles. The minimum Gasteiger partial charge on any atom is -0.339 e. The summed E-state index contributed by atoms with van der Waals surface area (Å²) in [7, 11) is 0. The molecule has 10 heteroatoms. The van der Waals surface area contributed by atoms with Crippen LogP contribution in [-0.2, 0) is 5.41 Å². The van der Waals surface area contributed by atoms with Gasteiger partial charge in [0.05, 0.1) is 22.5 Å². The Hall–Kier alpha value is -3.75. The van der Waals surface area contributed by atoms with Gasteiger partial charge in [0.15, 0.2) is 0 Å². The second kappa shape index (κ2) is 9.53. The van der Waals surface area contributed by atoms with E-state index < -0.39 is 5.41 Å². The van der Waals surface area contributed by atoms with Gasteiger partial charge in [0.2, 0.25) is 0 Å². The van der Waals surface area contributed by atoms with Crippen molar-refractivity contribution in [2.24, 2.45) is 0 Å². The maximum absolute atomic E-state index is 14.5. The summed E-state index contributed by atoms with van der Waals surface area (Å²) in [6.07, 6.45) is 4.16. The van der Waals surface area contributed by atoms with E-state index in [0.717, 1.165) is 11.3 Å². The van der Waals surface area contributed by atoms with Gasteiger partial charge in [0.1, 0.15) is 16.7 Å². The van der Waals surface area contributed by atoms with Crippen LogP contribution in [0.2, 0.25) is 10.2 Å². The number of carbonyl (C=O) groups is 2. The van der Waals surface area contributed by atoms with E-state index in [1.165, 1.54) is 24.4 Å². The van der Waals surface area contributed by atoms with Gasteiger partial charge in [-0.3, -0.25) is 9.59 Å². The largest absolute Gasteiger partial charge is 0.339 e. The molecule has 4 heterocycles. The highest BCUT2D eigenvalue weighted by Gasteiger charge is 2.47. The van der Waals surface area contributed by atoms with E-state index in [-0.39, 0.29) is 27.8 Å². The van der Waals surface area contributed by atoms with Crippen LogP contribution in [0.4, 0.5) is 10.1 Å². The normalized spacial score (nSPS) is 16.1. The van der Waals surface area contributed by atoms with Crippen LogP contribution in [0.3, 0.4) is 0 Å². The first-order chi connectivity index (χ1) is 18.4. The lowest BCUT2D eigenvalue weighted by Crippen LogP contribution is -2.48. The number of piperidine rings is 1. The molecule has 0 unspecified atom stereocenters. The lowest BCUT2D eigenvalue weighted by atomic mass is 9.74. The van der Waals surface area contributed by atoms with Gasteiger partial charge >= 0.3 is 0 Å². The Morgan fingerprint density at radius 3 is 2.45 bits per heavy atom. The number of carbonyl (C=O) groups excluding carboxylic acids is 2. The molecule has 2 aliphatic heterocycles. The van der Waals surface area contributed by atoms with Crippen LogP contribution < -0.4 is 4.90 Å². The number of halogens is 3. The summed E-state index contributed by atoms with van der Waals surface area (Å²) < 4.78 is 16.1. The first-order valence-electron chi connectivity index (χ1n) is 12.2. The molecule has 6 rings (SSSR count). The molecule has 4 aromatic rings. The first kappa shape index (κ1) is 24.6. The maximum atomic E-state index is 14.5. The summed E-state index contributed by atoms with van der Waals surface area (Å²) in [5, 5.41) is 4.73. The Balaban J connectivity index is 1.28. The fourth-order valence-corrected chi connectivity index (χ4v) is 5.76. The van der Waals surface area contributed by atoms with Gasteiger partial charge in [0, 0.05) is 36.9 Å². The van der Waals surface area contributed by atoms with Crippen molar-refractivity contribution in [2.45, 2.75) is 18.3 Å². The highest BCUT2D eigenvalue weighted by molar-refractivity contribution is 6.41. The number of aromatic nitrogens is 3. The van der Waals surface area contributed by atoms with Crippen molar-refractivity contribution >= 4 is 40.7 Å². The molecule has 38 heavy (non-hydrogen) atoms. The zero-order valence-corrected chi connectivity index (χ0v) is 21.7. The Bertz CT molecular complexity index is 1550. The molecule has 0 bridgehead atoms. The number of hydrogen-bond donors (Lipinski definition) is 0. The highest BCUT2D eigenvalue weighted by atomic mass is 35.5. The fourth-order valence-electron chi connectivity index (χ4n) is 5.49. The van der Waals surface area contributed by atoms with E-state index in [1.54, 1.807) is 32.8 Å². The van der Waals surface area contributed by atoms with E-state index in [4.69, 9.17) is 23.2 Å². The molecule has 0 aliphatic carbocycles. The molecule has 0 atom stereocenters. The van der Waals surface area contributed by atoms with Crippen molar-refractivity contribution in [3.8, 4) is 5.69 Å². The molecule has 1 fully saturated rings. The Morgan fingerprint density at radius 2 is 1.71 bits per heavy atom. The van der Waals surface area contributed by atoms with E-state index in [0.29, 0.717) is 49.4 Å². The smallest absolute Gasteiger partial charge is 0.277 e. The predicted octanol–water partition coefficient (Wildman–Crippen LogP) is 5.55. The molecule has 0 N–H and O–H groups in total. The van der Waals surface area contributed by atoms with Gasteiger partial charge in [-0.2, -0.15) is 5.10 Å². The molecule has 2 amide bonds. The number of rotatable bonds is 3. The summed E-state index contributed by atoms with van der Waals surface area (Å²) in [5.74, 6) is -0.758. The molecular weight excluding hydrogens is 528 g/mol. The van der Waals surface area contributed by atoms with Crippen molar-refractivity contribution in [3.05, 3.63) is 106 Å². The van der Waals surface area contributed by atoms with Gasteiger partial charge in [0.25, 0.3) is 11.8 Å². The second-order valence-corrected chi connectivity index (χ2v) is 10.4. The summed E-state index contributed by atoms with van der Waals surface area (Å²) >= 11 is 12.0. The molecule has 2 aromatic carbocycles. The van der Waals surface area contributed by atoms with Crippen LogP contribution in [0.15, 0.2) is 73.1 Å². The lowest BCUT2D eigenvalue weighted by molar-refractivity contribution is 0.0670. The summed E-state index contributed by atoms with van der Waals surface area (Å²) in [5.41, 5.74) is 2.56. The third kappa shape index (κ3) is 4.14. The molecule has 1 spiro atoms. The SMILES string of the molecule is O=C(c1cnc(Cl)c(Cl)c1)N1CCC2(CC1)CN(C(=O)c1ccnn1-c1ccccc1)c1ccc(F)cc12. The Morgan fingerprint density at radius 1 is 0.947 bits per heavy atom. The summed E-state index contributed by atoms with van der Waals surface area (Å²) in [6, 6.07) is 17.2. The van der Waals surface area contributed by atoms with E-state index >= 15 is 0 Å². The van der Waals surface area contributed by atoms with Crippen LogP contribution in [0, 0.1) is 5.82 Å². The van der Waals surface area contributed by atoms with Crippen molar-refractivity contribution in [2.75, 3.05) is 24.5 Å². The average molecular weight is 550 g/mol. The highest BCUT2D eigenvalue weighted by Crippen LogP contribution is 2.48. The Kier molecular flexibility index (Phi) is 6.16. The van der Waals surface area contributed by atoms with Crippen molar-refractivity contribution in [1.82, 2.24) is 19.7 Å². The average Bonchev–Trinajstić information content (AvgIpc) is 3.54. The number of likely N-dealkylation sites (tertiary alicyclic amines) is 1. The van der Waals surface area contributed by atoms with Gasteiger partial charge < -0.3 is 9.80 Å². The van der Waals surface area contributed by atoms with Gasteiger partial charge in [-0.1, -0.05) is 41.4 Å².